The number of fused-ring (bicyclic) bond motifs is 4. The molecule has 326 valence electrons. The molecule has 60 heavy (non-hydrogen) atoms. The third kappa shape index (κ3) is 7.20. The number of carbonyl (C=O) groups is 4. The van der Waals surface area contributed by atoms with Gasteiger partial charge in [-0.25, -0.2) is 9.59 Å². The lowest BCUT2D eigenvalue weighted by Gasteiger charge is -2.55. The number of ether oxygens (including phenoxy) is 3. The molecule has 1 spiro atoms. The summed E-state index contributed by atoms with van der Waals surface area (Å²) in [5.41, 5.74) is -3.47. The first-order chi connectivity index (χ1) is 28.3. The first kappa shape index (κ1) is 44.7. The zero-order valence-corrected chi connectivity index (χ0v) is 37.0. The van der Waals surface area contributed by atoms with Crippen molar-refractivity contribution in [3.05, 3.63) is 79.8 Å². The number of hydrogen-bond acceptors (Lipinski definition) is 9. The molecule has 2 saturated heterocycles. The highest BCUT2D eigenvalue weighted by molar-refractivity contribution is 6.49. The van der Waals surface area contributed by atoms with E-state index in [1.807, 2.05) is 26.8 Å². The minimum Gasteiger partial charge on any atom is -0.511 e. The quantitative estimate of drug-likeness (QED) is 0.101. The van der Waals surface area contributed by atoms with E-state index in [1.54, 1.807) is 19.9 Å². The molecule has 1 aromatic rings. The lowest BCUT2D eigenvalue weighted by atomic mass is 9.51. The summed E-state index contributed by atoms with van der Waals surface area (Å²) in [6.07, 6.45) is 12.1. The van der Waals surface area contributed by atoms with E-state index >= 15 is 4.79 Å². The molecule has 6 aliphatic rings. The van der Waals surface area contributed by atoms with Crippen molar-refractivity contribution in [2.24, 2.45) is 40.4 Å². The molecule has 1 saturated carbocycles. The second kappa shape index (κ2) is 16.7. The van der Waals surface area contributed by atoms with Crippen molar-refractivity contribution in [1.82, 2.24) is 10.3 Å². The number of halogens is 3. The number of aliphatic hydroxyl groups is 2. The Balaban J connectivity index is 1.22. The van der Waals surface area contributed by atoms with E-state index in [1.165, 1.54) is 0 Å². The van der Waals surface area contributed by atoms with Gasteiger partial charge in [-0.1, -0.05) is 97.6 Å². The Bertz CT molecular complexity index is 2100. The standard InChI is InChI=1S/C45H55Cl3N2O10/c1-7-24-19-45-38(53)31(42(57)60-45)37(52)44(8-2)25(12-10-9-11-21(3)18-43(45,6)20-27(24)41(55)56)14-15-26-28(44)16-13-22(4)36(26)59-30-17-29(51)34(23(5)58-30)50-40(54)35-32(46)33(47)39(48)49-35/h9-10,14-15,18,20,22-26,28-30,34,36,49,51-52H,7-8,11-13,16-17,19H2,1-6H3,(H,50,54)(H,55,56)/b10-9?,21-18?,37-31-/t22-,23+,24-,25+,26-,28+,29+,30-,34+,36-,43-,44+,45+/m0/s1. The molecule has 13 atom stereocenters. The highest BCUT2D eigenvalue weighted by atomic mass is 35.5. The molecule has 15 heteroatoms. The van der Waals surface area contributed by atoms with Gasteiger partial charge in [0, 0.05) is 29.7 Å². The number of carboxylic acid groups (broad SMARTS) is 1. The van der Waals surface area contributed by atoms with Crippen molar-refractivity contribution in [2.45, 2.75) is 129 Å². The van der Waals surface area contributed by atoms with Crippen LogP contribution in [-0.4, -0.2) is 80.2 Å². The van der Waals surface area contributed by atoms with Gasteiger partial charge in [-0.2, -0.15) is 0 Å². The van der Waals surface area contributed by atoms with Gasteiger partial charge >= 0.3 is 11.9 Å². The van der Waals surface area contributed by atoms with Crippen LogP contribution < -0.4 is 5.32 Å². The van der Waals surface area contributed by atoms with E-state index in [0.29, 0.717) is 38.5 Å². The summed E-state index contributed by atoms with van der Waals surface area (Å²) < 4.78 is 19.4. The van der Waals surface area contributed by atoms with E-state index < -0.39 is 76.6 Å². The molecule has 12 nitrogen and oxygen atoms in total. The number of aliphatic hydroxyl groups excluding tert-OH is 2. The van der Waals surface area contributed by atoms with Crippen LogP contribution in [0.2, 0.25) is 15.2 Å². The molecule has 2 bridgehead atoms. The Morgan fingerprint density at radius 1 is 1.07 bits per heavy atom. The maximum atomic E-state index is 15.2. The number of allylic oxidation sites excluding steroid dienone is 5. The van der Waals surface area contributed by atoms with Gasteiger partial charge in [-0.05, 0) is 83.0 Å². The van der Waals surface area contributed by atoms with E-state index in [0.717, 1.165) is 5.57 Å². The smallest absolute Gasteiger partial charge is 0.346 e. The molecule has 2 aliphatic heterocycles. The average Bonchev–Trinajstić information content (AvgIpc) is 3.61. The number of esters is 1. The lowest BCUT2D eigenvalue weighted by molar-refractivity contribution is -0.258. The third-order valence-electron chi connectivity index (χ3n) is 14.5. The maximum absolute atomic E-state index is 15.2. The Kier molecular flexibility index (Phi) is 12.4. The number of carboxylic acids is 1. The van der Waals surface area contributed by atoms with Gasteiger partial charge < -0.3 is 39.8 Å². The molecule has 1 aromatic heterocycles. The molecule has 1 amide bonds. The number of Topliss-reactive ketones (excluding diaryl/α,β-unsaturated/α-hetero) is 1. The number of H-pyrrole nitrogens is 1. The number of aromatic amines is 1. The third-order valence-corrected chi connectivity index (χ3v) is 15.8. The van der Waals surface area contributed by atoms with Crippen molar-refractivity contribution < 1.29 is 48.7 Å². The summed E-state index contributed by atoms with van der Waals surface area (Å²) in [7, 11) is 0. The monoisotopic (exact) mass is 888 g/mol. The number of aliphatic carboxylic acids is 1. The predicted molar refractivity (Wildman–Crippen MR) is 225 cm³/mol. The Morgan fingerprint density at radius 3 is 2.43 bits per heavy atom. The minimum atomic E-state index is -1.76. The molecule has 3 heterocycles. The number of carbonyl (C=O) groups excluding carboxylic acids is 3. The van der Waals surface area contributed by atoms with E-state index in [9.17, 15) is 29.7 Å². The van der Waals surface area contributed by atoms with Crippen LogP contribution in [0.1, 0.15) is 103 Å². The summed E-state index contributed by atoms with van der Waals surface area (Å²) in [4.78, 5) is 57.8. The average molecular weight is 890 g/mol. The largest absolute Gasteiger partial charge is 0.511 e. The van der Waals surface area contributed by atoms with Crippen LogP contribution in [0, 0.1) is 40.4 Å². The van der Waals surface area contributed by atoms with Gasteiger partial charge in [0.15, 0.2) is 11.9 Å². The molecule has 0 aromatic carbocycles. The van der Waals surface area contributed by atoms with Crippen molar-refractivity contribution in [2.75, 3.05) is 0 Å². The second-order valence-corrected chi connectivity index (χ2v) is 19.0. The zero-order chi connectivity index (χ0) is 43.6. The molecule has 4 aliphatic carbocycles. The van der Waals surface area contributed by atoms with Crippen LogP contribution in [-0.2, 0) is 28.6 Å². The number of hydrogen-bond donors (Lipinski definition) is 5. The highest BCUT2D eigenvalue weighted by Crippen LogP contribution is 2.61. The molecule has 3 fully saturated rings. The Hall–Kier alpha value is -3.39. The summed E-state index contributed by atoms with van der Waals surface area (Å²) in [6, 6.07) is -0.808. The number of rotatable bonds is 7. The summed E-state index contributed by atoms with van der Waals surface area (Å²) >= 11 is 18.3. The lowest BCUT2D eigenvalue weighted by Crippen LogP contribution is -2.58. The first-order valence-electron chi connectivity index (χ1n) is 21.1. The fourth-order valence-corrected chi connectivity index (χ4v) is 12.0. The normalized spacial score (nSPS) is 40.4. The Morgan fingerprint density at radius 2 is 1.80 bits per heavy atom. The van der Waals surface area contributed by atoms with Gasteiger partial charge in [0.05, 0.1) is 39.8 Å². The molecule has 0 unspecified atom stereocenters. The molecule has 0 radical (unpaired) electrons. The van der Waals surface area contributed by atoms with Crippen molar-refractivity contribution >= 4 is 58.4 Å². The van der Waals surface area contributed by atoms with Crippen molar-refractivity contribution in [3.8, 4) is 0 Å². The fraction of sp³-hybridized carbons (Fsp3) is 0.600. The number of aromatic nitrogens is 1. The van der Waals surface area contributed by atoms with Gasteiger partial charge in [0.2, 0.25) is 5.78 Å². The van der Waals surface area contributed by atoms with Gasteiger partial charge in [0.25, 0.3) is 5.91 Å². The Labute approximate surface area is 365 Å². The van der Waals surface area contributed by atoms with E-state index in [4.69, 9.17) is 49.0 Å². The highest BCUT2D eigenvalue weighted by Gasteiger charge is 2.67. The van der Waals surface area contributed by atoms with Crippen LogP contribution in [0.5, 0.6) is 0 Å². The number of ketones is 1. The zero-order valence-electron chi connectivity index (χ0n) is 34.7. The molecular weight excluding hydrogens is 835 g/mol. The summed E-state index contributed by atoms with van der Waals surface area (Å²) in [6.45, 7) is 11.3. The van der Waals surface area contributed by atoms with Gasteiger partial charge in [-0.3, -0.25) is 9.59 Å². The van der Waals surface area contributed by atoms with Crippen LogP contribution in [0.25, 0.3) is 0 Å². The summed E-state index contributed by atoms with van der Waals surface area (Å²) in [5.74, 6) is -4.87. The van der Waals surface area contributed by atoms with Crippen LogP contribution in [0.4, 0.5) is 0 Å². The molecule has 5 N–H and O–H groups in total. The van der Waals surface area contributed by atoms with Gasteiger partial charge in [-0.15, -0.1) is 0 Å². The van der Waals surface area contributed by atoms with E-state index in [-0.39, 0.29) is 74.3 Å². The topological polar surface area (TPSA) is 184 Å². The van der Waals surface area contributed by atoms with Crippen LogP contribution in [0.3, 0.4) is 0 Å². The van der Waals surface area contributed by atoms with Crippen molar-refractivity contribution in [3.63, 3.8) is 0 Å². The van der Waals surface area contributed by atoms with Gasteiger partial charge in [0.1, 0.15) is 22.2 Å². The van der Waals surface area contributed by atoms with E-state index in [2.05, 4.69) is 41.5 Å². The minimum absolute atomic E-state index is 0.0167. The second-order valence-electron chi connectivity index (χ2n) is 17.9. The van der Waals surface area contributed by atoms with Crippen molar-refractivity contribution in [1.29, 1.82) is 0 Å². The number of amides is 1. The number of nitrogens with one attached hydrogen (secondary N) is 2. The molecule has 7 rings (SSSR count). The predicted octanol–water partition coefficient (Wildman–Crippen LogP) is 8.62. The molecular formula is C45H55Cl3N2O10. The first-order valence-corrected chi connectivity index (χ1v) is 22.2. The summed E-state index contributed by atoms with van der Waals surface area (Å²) in [5, 5.41) is 37.2. The SMILES string of the molecule is CC[C@H]1C[C@]23OC(=O)/C(=C(\O)[C@@]4(CC)[C@@H]5CC[C@H](C)[C@H](O[C@H]6C[C@@H](O)[C@H](NC(=O)c7[nH]c(Cl)c(Cl)c7Cl)[C@@H](C)O6)[C@H]5C=C[C@H]4CC=CCC(C)=C[C@@]2(C)C=C1C(=O)O)C3=O. The fourth-order valence-electron chi connectivity index (χ4n) is 11.4. The van der Waals surface area contributed by atoms with Crippen LogP contribution >= 0.6 is 34.8 Å². The van der Waals surface area contributed by atoms with Crippen LogP contribution in [0.15, 0.2) is 58.9 Å². The maximum Gasteiger partial charge on any atom is 0.346 e.